The lowest BCUT2D eigenvalue weighted by Crippen LogP contribution is -1.97. The number of hydrogen-bond acceptors (Lipinski definition) is 1. The third-order valence-corrected chi connectivity index (χ3v) is 4.01. The molecule has 0 saturated carbocycles. The van der Waals surface area contributed by atoms with Gasteiger partial charge in [-0.25, -0.2) is 0 Å². The Labute approximate surface area is 142 Å². The Morgan fingerprint density at radius 1 is 0.571 bits per heavy atom. The number of rotatable bonds is 13. The predicted octanol–water partition coefficient (Wildman–Crippen LogP) is 6.06. The van der Waals surface area contributed by atoms with Gasteiger partial charge >= 0.3 is 0 Å². The van der Waals surface area contributed by atoms with Gasteiger partial charge in [-0.15, -0.1) is 17.0 Å². The van der Waals surface area contributed by atoms with Gasteiger partial charge < -0.3 is 5.73 Å². The highest BCUT2D eigenvalue weighted by atomic mass is 79.9. The molecule has 0 bridgehead atoms. The summed E-state index contributed by atoms with van der Waals surface area (Å²) >= 11 is 0. The molecule has 0 heterocycles. The maximum absolute atomic E-state index is 5.49. The minimum Gasteiger partial charge on any atom is -0.330 e. The number of unbranched alkanes of at least 4 members (excludes halogenated alkanes) is 10. The third kappa shape index (κ3) is 13.1. The number of benzene rings is 1. The molecule has 122 valence electrons. The highest BCUT2D eigenvalue weighted by Gasteiger charge is 1.94. The van der Waals surface area contributed by atoms with Crippen molar-refractivity contribution in [3.63, 3.8) is 0 Å². The van der Waals surface area contributed by atoms with Crippen LogP contribution < -0.4 is 5.73 Å². The molecule has 0 aliphatic carbocycles. The van der Waals surface area contributed by atoms with Crippen molar-refractivity contribution >= 4 is 17.0 Å². The average Bonchev–Trinajstić information content (AvgIpc) is 2.49. The summed E-state index contributed by atoms with van der Waals surface area (Å²) in [5.74, 6) is 0. The first kappa shape index (κ1) is 20.7. The Morgan fingerprint density at radius 3 is 1.48 bits per heavy atom. The summed E-state index contributed by atoms with van der Waals surface area (Å²) in [5, 5.41) is 0. The standard InChI is InChI=1S/C19H33N.BrH/c20-18-14-9-7-5-3-1-2-4-6-8-11-15-19-16-12-10-13-17-19;/h10,12-13,16-17H,1-9,11,14-15,18,20H2;1H. The molecule has 0 atom stereocenters. The molecule has 0 saturated heterocycles. The molecule has 0 radical (unpaired) electrons. The third-order valence-electron chi connectivity index (χ3n) is 4.01. The second-order valence-corrected chi connectivity index (χ2v) is 5.91. The molecule has 0 amide bonds. The summed E-state index contributed by atoms with van der Waals surface area (Å²) in [7, 11) is 0. The van der Waals surface area contributed by atoms with E-state index in [-0.39, 0.29) is 17.0 Å². The highest BCUT2D eigenvalue weighted by molar-refractivity contribution is 8.93. The van der Waals surface area contributed by atoms with Gasteiger partial charge in [0.25, 0.3) is 0 Å². The smallest absolute Gasteiger partial charge is 0.00773 e. The van der Waals surface area contributed by atoms with Gasteiger partial charge in [0.2, 0.25) is 0 Å². The van der Waals surface area contributed by atoms with E-state index in [0.717, 1.165) is 6.54 Å². The Hall–Kier alpha value is -0.340. The zero-order valence-corrected chi connectivity index (χ0v) is 15.3. The molecule has 0 aromatic heterocycles. The van der Waals surface area contributed by atoms with Gasteiger partial charge in [-0.05, 0) is 31.4 Å². The largest absolute Gasteiger partial charge is 0.330 e. The van der Waals surface area contributed by atoms with Crippen LogP contribution in [0.15, 0.2) is 30.3 Å². The molecule has 1 rings (SSSR count). The van der Waals surface area contributed by atoms with Crippen LogP contribution >= 0.6 is 17.0 Å². The van der Waals surface area contributed by atoms with E-state index in [1.165, 1.54) is 82.6 Å². The van der Waals surface area contributed by atoms with Gasteiger partial charge in [-0.2, -0.15) is 0 Å². The topological polar surface area (TPSA) is 26.0 Å². The zero-order valence-electron chi connectivity index (χ0n) is 13.6. The maximum Gasteiger partial charge on any atom is -0.00773 e. The van der Waals surface area contributed by atoms with E-state index in [9.17, 15) is 0 Å². The first-order valence-corrected chi connectivity index (χ1v) is 8.67. The van der Waals surface area contributed by atoms with Crippen LogP contribution in [0.2, 0.25) is 0 Å². The van der Waals surface area contributed by atoms with E-state index in [2.05, 4.69) is 30.3 Å². The van der Waals surface area contributed by atoms with Gasteiger partial charge in [0.15, 0.2) is 0 Å². The first-order chi connectivity index (χ1) is 9.93. The number of hydrogen-bond donors (Lipinski definition) is 1. The van der Waals surface area contributed by atoms with Crippen LogP contribution in [0.3, 0.4) is 0 Å². The van der Waals surface area contributed by atoms with Crippen LogP contribution in [0.5, 0.6) is 0 Å². The van der Waals surface area contributed by atoms with Crippen LogP contribution in [0.1, 0.15) is 76.2 Å². The highest BCUT2D eigenvalue weighted by Crippen LogP contribution is 2.12. The Kier molecular flexibility index (Phi) is 15.8. The van der Waals surface area contributed by atoms with E-state index in [1.54, 1.807) is 0 Å². The lowest BCUT2D eigenvalue weighted by molar-refractivity contribution is 0.546. The molecule has 0 aliphatic rings. The minimum atomic E-state index is 0. The summed E-state index contributed by atoms with van der Waals surface area (Å²) in [6.45, 7) is 0.864. The summed E-state index contributed by atoms with van der Waals surface area (Å²) in [6, 6.07) is 10.9. The fourth-order valence-electron chi connectivity index (χ4n) is 2.71. The molecule has 0 spiro atoms. The maximum atomic E-state index is 5.49. The molecule has 1 nitrogen and oxygen atoms in total. The van der Waals surface area contributed by atoms with Gasteiger partial charge in [0, 0.05) is 0 Å². The minimum absolute atomic E-state index is 0. The second-order valence-electron chi connectivity index (χ2n) is 5.91. The van der Waals surface area contributed by atoms with Crippen molar-refractivity contribution in [2.45, 2.75) is 77.0 Å². The van der Waals surface area contributed by atoms with E-state index < -0.39 is 0 Å². The van der Waals surface area contributed by atoms with Gasteiger partial charge in [-0.1, -0.05) is 88.1 Å². The molecular weight excluding hydrogens is 322 g/mol. The number of aryl methyl sites for hydroxylation is 1. The van der Waals surface area contributed by atoms with Crippen molar-refractivity contribution < 1.29 is 0 Å². The van der Waals surface area contributed by atoms with Crippen molar-refractivity contribution in [1.82, 2.24) is 0 Å². The quantitative estimate of drug-likeness (QED) is 0.427. The Morgan fingerprint density at radius 2 is 1.00 bits per heavy atom. The zero-order chi connectivity index (χ0) is 14.3. The monoisotopic (exact) mass is 355 g/mol. The molecule has 1 aromatic rings. The van der Waals surface area contributed by atoms with E-state index in [0.29, 0.717) is 0 Å². The SMILES string of the molecule is Br.NCCCCCCCCCCCCCc1ccccc1. The first-order valence-electron chi connectivity index (χ1n) is 8.67. The van der Waals surface area contributed by atoms with Crippen molar-refractivity contribution in [2.24, 2.45) is 5.73 Å². The summed E-state index contributed by atoms with van der Waals surface area (Å²) in [6.07, 6.45) is 16.5. The summed E-state index contributed by atoms with van der Waals surface area (Å²) in [4.78, 5) is 0. The molecule has 0 aliphatic heterocycles. The van der Waals surface area contributed by atoms with Crippen LogP contribution in [0.25, 0.3) is 0 Å². The van der Waals surface area contributed by atoms with Gasteiger partial charge in [-0.3, -0.25) is 0 Å². The molecule has 0 fully saturated rings. The molecule has 0 unspecified atom stereocenters. The van der Waals surface area contributed by atoms with Crippen molar-refractivity contribution in [3.8, 4) is 0 Å². The van der Waals surface area contributed by atoms with Crippen LogP contribution in [-0.2, 0) is 6.42 Å². The van der Waals surface area contributed by atoms with Crippen molar-refractivity contribution in [1.29, 1.82) is 0 Å². The number of halogens is 1. The average molecular weight is 356 g/mol. The molecule has 21 heavy (non-hydrogen) atoms. The van der Waals surface area contributed by atoms with Crippen LogP contribution in [-0.4, -0.2) is 6.54 Å². The Bertz CT molecular complexity index is 300. The summed E-state index contributed by atoms with van der Waals surface area (Å²) < 4.78 is 0. The molecule has 2 N–H and O–H groups in total. The lowest BCUT2D eigenvalue weighted by Gasteiger charge is -2.03. The molecule has 2 heteroatoms. The second kappa shape index (κ2) is 16.0. The van der Waals surface area contributed by atoms with Crippen molar-refractivity contribution in [3.05, 3.63) is 35.9 Å². The Balaban J connectivity index is 0.00000400. The number of nitrogens with two attached hydrogens (primary N) is 1. The van der Waals surface area contributed by atoms with E-state index >= 15 is 0 Å². The van der Waals surface area contributed by atoms with Gasteiger partial charge in [0.05, 0.1) is 0 Å². The van der Waals surface area contributed by atoms with Gasteiger partial charge in [0.1, 0.15) is 0 Å². The fourth-order valence-corrected chi connectivity index (χ4v) is 2.71. The fraction of sp³-hybridized carbons (Fsp3) is 0.684. The van der Waals surface area contributed by atoms with E-state index in [1.807, 2.05) is 0 Å². The molecular formula is C19H34BrN. The summed E-state index contributed by atoms with van der Waals surface area (Å²) in [5.41, 5.74) is 6.98. The van der Waals surface area contributed by atoms with Crippen molar-refractivity contribution in [2.75, 3.05) is 6.54 Å². The predicted molar refractivity (Wildman–Crippen MR) is 100 cm³/mol. The van der Waals surface area contributed by atoms with E-state index in [4.69, 9.17) is 5.73 Å². The lowest BCUT2D eigenvalue weighted by atomic mass is 10.0. The van der Waals surface area contributed by atoms with Crippen LogP contribution in [0, 0.1) is 0 Å². The normalized spacial score (nSPS) is 10.3. The molecule has 1 aromatic carbocycles. The van der Waals surface area contributed by atoms with Crippen LogP contribution in [0.4, 0.5) is 0 Å².